The number of rotatable bonds is 8. The van der Waals surface area contributed by atoms with Crippen molar-refractivity contribution in [1.29, 1.82) is 0 Å². The maximum atomic E-state index is 12.0. The molecule has 3 rings (SSSR count). The van der Waals surface area contributed by atoms with Crippen LogP contribution in [0.4, 0.5) is 17.3 Å². The van der Waals surface area contributed by atoms with Crippen LogP contribution >= 0.6 is 23.2 Å². The van der Waals surface area contributed by atoms with Crippen LogP contribution in [0.5, 0.6) is 5.75 Å². The van der Waals surface area contributed by atoms with Gasteiger partial charge in [-0.1, -0.05) is 53.5 Å². The highest BCUT2D eigenvalue weighted by molar-refractivity contribution is 6.35. The van der Waals surface area contributed by atoms with Crippen LogP contribution in [0.25, 0.3) is 0 Å². The highest BCUT2D eigenvalue weighted by atomic mass is 35.5. The van der Waals surface area contributed by atoms with E-state index in [-0.39, 0.29) is 18.1 Å². The molecule has 0 fully saturated rings. The third kappa shape index (κ3) is 5.87. The number of nitrogens with two attached hydrogens (primary N) is 1. The van der Waals surface area contributed by atoms with E-state index in [1.165, 1.54) is 12.4 Å². The minimum atomic E-state index is -0.451. The van der Waals surface area contributed by atoms with E-state index in [1.807, 2.05) is 30.3 Å². The fourth-order valence-corrected chi connectivity index (χ4v) is 2.78. The number of hydrogen-bond donors (Lipinski definition) is 4. The minimum absolute atomic E-state index is 0.258. The van der Waals surface area contributed by atoms with Crippen molar-refractivity contribution in [3.05, 3.63) is 70.5 Å². The maximum Gasteiger partial charge on any atom is 0.276 e. The molecule has 0 unspecified atom stereocenters. The highest BCUT2D eigenvalue weighted by Gasteiger charge is 2.10. The molecule has 0 aliphatic heterocycles. The van der Waals surface area contributed by atoms with Crippen LogP contribution < -0.4 is 26.6 Å². The normalized spacial score (nSPS) is 10.3. The number of anilines is 3. The number of ether oxygens (including phenoxy) is 1. The van der Waals surface area contributed by atoms with Gasteiger partial charge in [0, 0.05) is 11.6 Å². The molecule has 0 aliphatic carbocycles. The number of nitrogen functional groups attached to an aromatic ring is 1. The van der Waals surface area contributed by atoms with Gasteiger partial charge in [0.05, 0.1) is 5.02 Å². The van der Waals surface area contributed by atoms with Crippen molar-refractivity contribution in [2.24, 2.45) is 0 Å². The minimum Gasteiger partial charge on any atom is -0.482 e. The molecular weight excluding hydrogens is 415 g/mol. The van der Waals surface area contributed by atoms with E-state index < -0.39 is 5.91 Å². The molecule has 2 aromatic carbocycles. The monoisotopic (exact) mass is 432 g/mol. The van der Waals surface area contributed by atoms with E-state index in [2.05, 4.69) is 26.1 Å². The van der Waals surface area contributed by atoms with Gasteiger partial charge in [0.2, 0.25) is 0 Å². The van der Waals surface area contributed by atoms with Crippen LogP contribution in [0, 0.1) is 0 Å². The van der Waals surface area contributed by atoms with Gasteiger partial charge in [-0.3, -0.25) is 15.6 Å². The van der Waals surface area contributed by atoms with Gasteiger partial charge in [-0.2, -0.15) is 0 Å². The van der Waals surface area contributed by atoms with Gasteiger partial charge >= 0.3 is 0 Å². The lowest BCUT2D eigenvalue weighted by Crippen LogP contribution is -2.34. The van der Waals surface area contributed by atoms with Crippen molar-refractivity contribution >= 4 is 46.4 Å². The van der Waals surface area contributed by atoms with E-state index in [4.69, 9.17) is 33.7 Å². The van der Waals surface area contributed by atoms with Crippen molar-refractivity contribution < 1.29 is 9.53 Å². The first kappa shape index (κ1) is 20.5. The summed E-state index contributed by atoms with van der Waals surface area (Å²) >= 11 is 11.8. The van der Waals surface area contributed by atoms with Crippen LogP contribution in [-0.2, 0) is 11.3 Å². The zero-order valence-corrected chi connectivity index (χ0v) is 16.7. The van der Waals surface area contributed by atoms with Crippen molar-refractivity contribution in [2.75, 3.05) is 23.1 Å². The van der Waals surface area contributed by atoms with Crippen molar-refractivity contribution in [1.82, 2.24) is 15.4 Å². The molecule has 1 amide bonds. The van der Waals surface area contributed by atoms with Crippen LogP contribution in [0.3, 0.4) is 0 Å². The SMILES string of the molecule is Nc1c(NCc2ccccc2)ncnc1NNC(=O)COc1ccc(Cl)cc1Cl. The molecule has 0 saturated heterocycles. The summed E-state index contributed by atoms with van der Waals surface area (Å²) in [5, 5.41) is 3.92. The molecule has 0 saturated carbocycles. The van der Waals surface area contributed by atoms with E-state index in [0.717, 1.165) is 5.56 Å². The standard InChI is InChI=1S/C19H18Cl2N6O2/c20-13-6-7-15(14(21)8-13)29-10-16(28)26-27-19-17(22)18(24-11-25-19)23-9-12-4-2-1-3-5-12/h1-8,11H,9-10,22H2,(H,26,28)(H2,23,24,25,27). The lowest BCUT2D eigenvalue weighted by atomic mass is 10.2. The Morgan fingerprint density at radius 1 is 1.07 bits per heavy atom. The second kappa shape index (κ2) is 9.81. The fourth-order valence-electron chi connectivity index (χ4n) is 2.32. The molecule has 1 aromatic heterocycles. The molecular formula is C19H18Cl2N6O2. The van der Waals surface area contributed by atoms with E-state index >= 15 is 0 Å². The number of hydrogen-bond acceptors (Lipinski definition) is 7. The third-order valence-corrected chi connectivity index (χ3v) is 4.29. The second-order valence-corrected chi connectivity index (χ2v) is 6.70. The summed E-state index contributed by atoms with van der Waals surface area (Å²) in [5.41, 5.74) is 12.5. The average Bonchev–Trinajstić information content (AvgIpc) is 2.72. The van der Waals surface area contributed by atoms with Gasteiger partial charge in [0.1, 0.15) is 17.8 Å². The summed E-state index contributed by atoms with van der Waals surface area (Å²) in [7, 11) is 0. The molecule has 8 nitrogen and oxygen atoms in total. The number of amides is 1. The van der Waals surface area contributed by atoms with Gasteiger partial charge in [-0.05, 0) is 23.8 Å². The number of nitrogens with one attached hydrogen (secondary N) is 3. The maximum absolute atomic E-state index is 12.0. The molecule has 1 heterocycles. The number of hydrazine groups is 1. The molecule has 3 aromatic rings. The summed E-state index contributed by atoms with van der Waals surface area (Å²) in [5.74, 6) is 0.603. The zero-order valence-electron chi connectivity index (χ0n) is 15.2. The van der Waals surface area contributed by atoms with Crippen molar-refractivity contribution in [3.63, 3.8) is 0 Å². The summed E-state index contributed by atoms with van der Waals surface area (Å²) in [4.78, 5) is 20.2. The molecule has 150 valence electrons. The first-order chi connectivity index (χ1) is 14.0. The molecule has 0 atom stereocenters. The Morgan fingerprint density at radius 3 is 2.59 bits per heavy atom. The van der Waals surface area contributed by atoms with E-state index in [1.54, 1.807) is 12.1 Å². The number of nitrogens with zero attached hydrogens (tertiary/aromatic N) is 2. The Labute approximate surface area is 177 Å². The quantitative estimate of drug-likeness (QED) is 0.402. The predicted octanol–water partition coefficient (Wildman–Crippen LogP) is 3.50. The van der Waals surface area contributed by atoms with Crippen LogP contribution in [0.1, 0.15) is 5.56 Å². The number of aromatic nitrogens is 2. The van der Waals surface area contributed by atoms with Crippen molar-refractivity contribution in [2.45, 2.75) is 6.54 Å². The largest absolute Gasteiger partial charge is 0.482 e. The first-order valence-electron chi connectivity index (χ1n) is 8.54. The first-order valence-corrected chi connectivity index (χ1v) is 9.29. The molecule has 5 N–H and O–H groups in total. The molecule has 10 heteroatoms. The molecule has 29 heavy (non-hydrogen) atoms. The molecule has 0 spiro atoms. The Kier molecular flexibility index (Phi) is 6.94. The number of benzene rings is 2. The van der Waals surface area contributed by atoms with Gasteiger partial charge in [-0.15, -0.1) is 0 Å². The van der Waals surface area contributed by atoms with Crippen LogP contribution in [-0.4, -0.2) is 22.5 Å². The lowest BCUT2D eigenvalue weighted by Gasteiger charge is -2.13. The second-order valence-electron chi connectivity index (χ2n) is 5.86. The zero-order chi connectivity index (χ0) is 20.6. The summed E-state index contributed by atoms with van der Waals surface area (Å²) in [6.07, 6.45) is 1.34. The summed E-state index contributed by atoms with van der Waals surface area (Å²) < 4.78 is 5.36. The average molecular weight is 433 g/mol. The Bertz CT molecular complexity index is 988. The fraction of sp³-hybridized carbons (Fsp3) is 0.105. The number of carbonyl (C=O) groups is 1. The topological polar surface area (TPSA) is 114 Å². The van der Waals surface area contributed by atoms with Gasteiger partial charge < -0.3 is 15.8 Å². The van der Waals surface area contributed by atoms with Gasteiger partial charge in [0.15, 0.2) is 18.2 Å². The molecule has 0 aliphatic rings. The summed E-state index contributed by atoms with van der Waals surface area (Å²) in [6, 6.07) is 14.5. The van der Waals surface area contributed by atoms with Crippen LogP contribution in [0.2, 0.25) is 10.0 Å². The molecule has 0 bridgehead atoms. The van der Waals surface area contributed by atoms with Gasteiger partial charge in [0.25, 0.3) is 5.91 Å². The van der Waals surface area contributed by atoms with Gasteiger partial charge in [-0.25, -0.2) is 9.97 Å². The van der Waals surface area contributed by atoms with Crippen LogP contribution in [0.15, 0.2) is 54.9 Å². The Morgan fingerprint density at radius 2 is 1.83 bits per heavy atom. The summed E-state index contributed by atoms with van der Waals surface area (Å²) in [6.45, 7) is 0.280. The third-order valence-electron chi connectivity index (χ3n) is 3.76. The Balaban J connectivity index is 1.52. The molecule has 0 radical (unpaired) electrons. The van der Waals surface area contributed by atoms with E-state index in [9.17, 15) is 4.79 Å². The number of halogens is 2. The highest BCUT2D eigenvalue weighted by Crippen LogP contribution is 2.27. The lowest BCUT2D eigenvalue weighted by molar-refractivity contribution is -0.122. The van der Waals surface area contributed by atoms with Crippen molar-refractivity contribution in [3.8, 4) is 5.75 Å². The smallest absolute Gasteiger partial charge is 0.276 e. The number of carbonyl (C=O) groups excluding carboxylic acids is 1. The predicted molar refractivity (Wildman–Crippen MR) is 114 cm³/mol. The van der Waals surface area contributed by atoms with E-state index in [0.29, 0.717) is 28.2 Å². The Hall–Kier alpha value is -3.23.